The van der Waals surface area contributed by atoms with E-state index >= 15 is 0 Å². The van der Waals surface area contributed by atoms with Crippen molar-refractivity contribution in [3.63, 3.8) is 0 Å². The van der Waals surface area contributed by atoms with Crippen molar-refractivity contribution < 1.29 is 14.0 Å². The first-order chi connectivity index (χ1) is 15.6. The first-order valence-electron chi connectivity index (χ1n) is 11.6. The molecule has 170 valence electrons. The lowest BCUT2D eigenvalue weighted by Gasteiger charge is -2.32. The average Bonchev–Trinajstić information content (AvgIpc) is 2.81. The van der Waals surface area contributed by atoms with Crippen molar-refractivity contribution in [2.75, 3.05) is 18.4 Å². The number of aromatic nitrogens is 1. The molecule has 0 atom stereocenters. The van der Waals surface area contributed by atoms with Gasteiger partial charge in [0.2, 0.25) is 5.91 Å². The molecule has 2 aliphatic rings. The molecule has 32 heavy (non-hydrogen) atoms. The van der Waals surface area contributed by atoms with Gasteiger partial charge >= 0.3 is 0 Å². The standard InChI is InChI=1S/C25H31FN4O2/c26-20-9-10-23(27-16-20)25(32)29-22-8-4-5-18(15-22)17-30-13-11-19(12-14-30)24(31)28-21-6-2-1-3-7-21/h4-5,8-10,15-16,19,21H,1-3,6-7,11-14,17H2,(H,28,31)(H,29,32). The molecule has 1 aliphatic heterocycles. The molecule has 1 aromatic heterocycles. The quantitative estimate of drug-likeness (QED) is 0.711. The molecule has 2 aromatic rings. The van der Waals surface area contributed by atoms with Crippen LogP contribution in [0.4, 0.5) is 10.1 Å². The molecule has 6 nitrogen and oxygen atoms in total. The number of amides is 2. The van der Waals surface area contributed by atoms with Crippen molar-refractivity contribution in [2.45, 2.75) is 57.5 Å². The molecular formula is C25H31FN4O2. The minimum Gasteiger partial charge on any atom is -0.353 e. The number of hydrogen-bond acceptors (Lipinski definition) is 4. The van der Waals surface area contributed by atoms with Crippen molar-refractivity contribution in [1.29, 1.82) is 0 Å². The van der Waals surface area contributed by atoms with Crippen molar-refractivity contribution in [1.82, 2.24) is 15.2 Å². The van der Waals surface area contributed by atoms with Gasteiger partial charge in [0, 0.05) is 24.2 Å². The number of carbonyl (C=O) groups is 2. The second kappa shape index (κ2) is 10.7. The summed E-state index contributed by atoms with van der Waals surface area (Å²) in [5.74, 6) is -0.497. The lowest BCUT2D eigenvalue weighted by atomic mass is 9.92. The van der Waals surface area contributed by atoms with Crippen LogP contribution in [0.5, 0.6) is 0 Å². The number of anilines is 1. The smallest absolute Gasteiger partial charge is 0.274 e. The number of hydrogen-bond donors (Lipinski definition) is 2. The molecule has 1 saturated heterocycles. The Kier molecular flexibility index (Phi) is 7.47. The highest BCUT2D eigenvalue weighted by atomic mass is 19.1. The second-order valence-electron chi connectivity index (χ2n) is 8.91. The van der Waals surface area contributed by atoms with Gasteiger partial charge in [0.25, 0.3) is 5.91 Å². The molecule has 4 rings (SSSR count). The monoisotopic (exact) mass is 438 g/mol. The average molecular weight is 439 g/mol. The Morgan fingerprint density at radius 2 is 1.81 bits per heavy atom. The van der Waals surface area contributed by atoms with Crippen LogP contribution in [0, 0.1) is 11.7 Å². The minimum absolute atomic E-state index is 0.113. The summed E-state index contributed by atoms with van der Waals surface area (Å²) in [5, 5.41) is 6.09. The van der Waals surface area contributed by atoms with Crippen LogP contribution in [0.2, 0.25) is 0 Å². The van der Waals surface area contributed by atoms with Gasteiger partial charge < -0.3 is 10.6 Å². The minimum atomic E-state index is -0.473. The zero-order valence-electron chi connectivity index (χ0n) is 18.4. The molecule has 1 aliphatic carbocycles. The van der Waals surface area contributed by atoms with E-state index in [1.54, 1.807) is 0 Å². The second-order valence-corrected chi connectivity index (χ2v) is 8.91. The Hall–Kier alpha value is -2.80. The molecule has 0 radical (unpaired) electrons. The first-order valence-corrected chi connectivity index (χ1v) is 11.6. The number of benzene rings is 1. The van der Waals surface area contributed by atoms with E-state index in [4.69, 9.17) is 0 Å². The van der Waals surface area contributed by atoms with Gasteiger partial charge in [-0.3, -0.25) is 14.5 Å². The van der Waals surface area contributed by atoms with E-state index in [1.165, 1.54) is 31.4 Å². The fourth-order valence-corrected chi connectivity index (χ4v) is 4.63. The van der Waals surface area contributed by atoms with Crippen molar-refractivity contribution >= 4 is 17.5 Å². The van der Waals surface area contributed by atoms with E-state index in [2.05, 4.69) is 20.5 Å². The molecular weight excluding hydrogens is 407 g/mol. The van der Waals surface area contributed by atoms with Gasteiger partial charge in [0.15, 0.2) is 0 Å². The lowest BCUT2D eigenvalue weighted by Crippen LogP contribution is -2.44. The maximum atomic E-state index is 13.0. The van der Waals surface area contributed by atoms with Gasteiger partial charge in [0.1, 0.15) is 11.5 Å². The zero-order chi connectivity index (χ0) is 22.3. The molecule has 2 heterocycles. The van der Waals surface area contributed by atoms with Crippen LogP contribution in [0.1, 0.15) is 61.0 Å². The normalized spacial score (nSPS) is 18.3. The number of pyridine rings is 1. The highest BCUT2D eigenvalue weighted by Crippen LogP contribution is 2.23. The van der Waals surface area contributed by atoms with Gasteiger partial charge in [-0.2, -0.15) is 0 Å². The Morgan fingerprint density at radius 3 is 2.53 bits per heavy atom. The van der Waals surface area contributed by atoms with Gasteiger partial charge in [-0.15, -0.1) is 0 Å². The summed E-state index contributed by atoms with van der Waals surface area (Å²) >= 11 is 0. The molecule has 0 unspecified atom stereocenters. The van der Waals surface area contributed by atoms with Gasteiger partial charge in [-0.25, -0.2) is 9.37 Å². The summed E-state index contributed by atoms with van der Waals surface area (Å²) in [6.07, 6.45) is 8.77. The van der Waals surface area contributed by atoms with E-state index < -0.39 is 5.82 Å². The number of nitrogens with one attached hydrogen (secondary N) is 2. The van der Waals surface area contributed by atoms with Crippen LogP contribution in [0.3, 0.4) is 0 Å². The molecule has 0 bridgehead atoms. The number of carbonyl (C=O) groups excluding carboxylic acids is 2. The summed E-state index contributed by atoms with van der Waals surface area (Å²) in [6.45, 7) is 2.55. The third-order valence-electron chi connectivity index (χ3n) is 6.46. The van der Waals surface area contributed by atoms with Crippen LogP contribution in [-0.2, 0) is 11.3 Å². The van der Waals surface area contributed by atoms with Crippen LogP contribution in [0.25, 0.3) is 0 Å². The van der Waals surface area contributed by atoms with Gasteiger partial charge in [-0.1, -0.05) is 31.4 Å². The fourth-order valence-electron chi connectivity index (χ4n) is 4.63. The number of likely N-dealkylation sites (tertiary alicyclic amines) is 1. The van der Waals surface area contributed by atoms with E-state index in [9.17, 15) is 14.0 Å². The largest absolute Gasteiger partial charge is 0.353 e. The maximum Gasteiger partial charge on any atom is 0.274 e. The number of piperidine rings is 1. The van der Waals surface area contributed by atoms with E-state index in [0.29, 0.717) is 11.7 Å². The summed E-state index contributed by atoms with van der Waals surface area (Å²) in [7, 11) is 0. The predicted molar refractivity (Wildman–Crippen MR) is 122 cm³/mol. The molecule has 1 aromatic carbocycles. The Morgan fingerprint density at radius 1 is 1.03 bits per heavy atom. The number of nitrogens with zero attached hydrogens (tertiary/aromatic N) is 2. The SMILES string of the molecule is O=C(Nc1cccc(CN2CCC(C(=O)NC3CCCCC3)CC2)c1)c1ccc(F)cn1. The molecule has 2 N–H and O–H groups in total. The molecule has 2 amide bonds. The van der Waals surface area contributed by atoms with Crippen molar-refractivity contribution in [2.24, 2.45) is 5.92 Å². The Balaban J connectivity index is 1.25. The zero-order valence-corrected chi connectivity index (χ0v) is 18.4. The van der Waals surface area contributed by atoms with Crippen molar-refractivity contribution in [3.8, 4) is 0 Å². The lowest BCUT2D eigenvalue weighted by molar-refractivity contribution is -0.127. The first kappa shape index (κ1) is 22.4. The fraction of sp³-hybridized carbons (Fsp3) is 0.480. The predicted octanol–water partition coefficient (Wildman–Crippen LogP) is 4.13. The molecule has 7 heteroatoms. The van der Waals surface area contributed by atoms with E-state index in [1.807, 2.05) is 24.3 Å². The Bertz CT molecular complexity index is 920. The van der Waals surface area contributed by atoms with Crippen LogP contribution >= 0.6 is 0 Å². The number of halogens is 1. The van der Waals surface area contributed by atoms with E-state index in [-0.39, 0.29) is 23.4 Å². The highest BCUT2D eigenvalue weighted by molar-refractivity contribution is 6.02. The third-order valence-corrected chi connectivity index (χ3v) is 6.46. The van der Waals surface area contributed by atoms with Crippen molar-refractivity contribution in [3.05, 3.63) is 59.7 Å². The van der Waals surface area contributed by atoms with Crippen LogP contribution in [0.15, 0.2) is 42.6 Å². The third kappa shape index (κ3) is 6.13. The van der Waals surface area contributed by atoms with E-state index in [0.717, 1.165) is 57.1 Å². The van der Waals surface area contributed by atoms with Crippen LogP contribution < -0.4 is 10.6 Å². The highest BCUT2D eigenvalue weighted by Gasteiger charge is 2.27. The topological polar surface area (TPSA) is 74.3 Å². The Labute approximate surface area is 188 Å². The molecule has 0 spiro atoms. The molecule has 2 fully saturated rings. The number of rotatable bonds is 6. The van der Waals surface area contributed by atoms with Gasteiger partial charge in [-0.05, 0) is 68.6 Å². The van der Waals surface area contributed by atoms with Crippen LogP contribution in [-0.4, -0.2) is 40.8 Å². The van der Waals surface area contributed by atoms with Gasteiger partial charge in [0.05, 0.1) is 6.20 Å². The summed E-state index contributed by atoms with van der Waals surface area (Å²) in [6, 6.07) is 10.7. The molecule has 1 saturated carbocycles. The maximum absolute atomic E-state index is 13.0. The summed E-state index contributed by atoms with van der Waals surface area (Å²) < 4.78 is 13.0. The summed E-state index contributed by atoms with van der Waals surface area (Å²) in [5.41, 5.74) is 1.95. The summed E-state index contributed by atoms with van der Waals surface area (Å²) in [4.78, 5) is 31.1.